The summed E-state index contributed by atoms with van der Waals surface area (Å²) in [4.78, 5) is 16.4. The van der Waals surface area contributed by atoms with Crippen LogP contribution < -0.4 is 11.1 Å². The lowest BCUT2D eigenvalue weighted by molar-refractivity contribution is 0.0964. The number of halogens is 2. The minimum atomic E-state index is -0.363. The van der Waals surface area contributed by atoms with Gasteiger partial charge in [-0.3, -0.25) is 4.79 Å². The Labute approximate surface area is 138 Å². The number of carbonyl (C=O) groups excluding carboxylic acids is 1. The average molecular weight is 411 g/mol. The molecular formula is C15H11FIN3O2. The first kappa shape index (κ1) is 14.8. The zero-order valence-corrected chi connectivity index (χ0v) is 13.6. The molecule has 22 heavy (non-hydrogen) atoms. The fourth-order valence-electron chi connectivity index (χ4n) is 2.17. The predicted octanol–water partition coefficient (Wildman–Crippen LogP) is 3.18. The van der Waals surface area contributed by atoms with Crippen LogP contribution in [-0.2, 0) is 0 Å². The number of nitrogen functional groups attached to an aromatic ring is 1. The number of pyridine rings is 1. The van der Waals surface area contributed by atoms with Crippen molar-refractivity contribution < 1.29 is 13.6 Å². The van der Waals surface area contributed by atoms with Gasteiger partial charge < -0.3 is 15.5 Å². The van der Waals surface area contributed by atoms with Crippen molar-refractivity contribution in [3.8, 4) is 11.3 Å². The predicted molar refractivity (Wildman–Crippen MR) is 89.9 cm³/mol. The van der Waals surface area contributed by atoms with Crippen molar-refractivity contribution in [2.75, 3.05) is 12.8 Å². The van der Waals surface area contributed by atoms with E-state index in [0.717, 1.165) is 3.57 Å². The van der Waals surface area contributed by atoms with Gasteiger partial charge in [-0.15, -0.1) is 0 Å². The third-order valence-corrected chi connectivity index (χ3v) is 4.09. The van der Waals surface area contributed by atoms with Crippen molar-refractivity contribution in [2.45, 2.75) is 0 Å². The molecule has 112 valence electrons. The molecule has 0 saturated heterocycles. The molecule has 3 aromatic rings. The first-order valence-corrected chi connectivity index (χ1v) is 7.45. The standard InChI is InChI=1S/C15H11FIN3O2/c1-19-14(21)11-9-6-10(17)13(18)20-15(9)22-12(11)7-2-4-8(16)5-3-7/h2-6H,1H3,(H2,18,20)(H,19,21). The summed E-state index contributed by atoms with van der Waals surface area (Å²) < 4.78 is 19.5. The number of fused-ring (bicyclic) bond motifs is 1. The molecule has 0 bridgehead atoms. The zero-order chi connectivity index (χ0) is 15.9. The van der Waals surface area contributed by atoms with Crippen molar-refractivity contribution in [2.24, 2.45) is 0 Å². The molecule has 0 aliphatic rings. The molecule has 1 amide bonds. The Kier molecular flexibility index (Phi) is 3.73. The second-order valence-electron chi connectivity index (χ2n) is 4.60. The van der Waals surface area contributed by atoms with Gasteiger partial charge in [0.05, 0.1) is 14.5 Å². The summed E-state index contributed by atoms with van der Waals surface area (Å²) in [5.41, 5.74) is 7.00. The topological polar surface area (TPSA) is 81.2 Å². The molecule has 0 saturated carbocycles. The molecule has 0 atom stereocenters. The lowest BCUT2D eigenvalue weighted by Crippen LogP contribution is -2.18. The van der Waals surface area contributed by atoms with E-state index < -0.39 is 0 Å². The molecule has 0 fully saturated rings. The third-order valence-electron chi connectivity index (χ3n) is 3.22. The monoisotopic (exact) mass is 411 g/mol. The summed E-state index contributed by atoms with van der Waals surface area (Å²) in [5, 5.41) is 3.15. The molecule has 0 radical (unpaired) electrons. The number of nitrogens with two attached hydrogens (primary N) is 1. The van der Waals surface area contributed by atoms with Crippen molar-refractivity contribution in [1.82, 2.24) is 10.3 Å². The number of rotatable bonds is 2. The summed E-state index contributed by atoms with van der Waals surface area (Å²) in [6.07, 6.45) is 0. The minimum absolute atomic E-state index is 0.274. The smallest absolute Gasteiger partial charge is 0.255 e. The van der Waals surface area contributed by atoms with Crippen molar-refractivity contribution in [3.63, 3.8) is 0 Å². The Morgan fingerprint density at radius 3 is 2.68 bits per heavy atom. The van der Waals surface area contributed by atoms with Crippen LogP contribution in [0.1, 0.15) is 10.4 Å². The number of carbonyl (C=O) groups is 1. The lowest BCUT2D eigenvalue weighted by Gasteiger charge is -2.02. The Bertz CT molecular complexity index is 875. The van der Waals surface area contributed by atoms with E-state index in [9.17, 15) is 9.18 Å². The third kappa shape index (κ3) is 2.41. The lowest BCUT2D eigenvalue weighted by atomic mass is 10.1. The van der Waals surface area contributed by atoms with Crippen LogP contribution in [0.2, 0.25) is 0 Å². The Hall–Kier alpha value is -2.16. The van der Waals surface area contributed by atoms with E-state index in [0.29, 0.717) is 28.1 Å². The Morgan fingerprint density at radius 1 is 1.36 bits per heavy atom. The number of nitrogens with zero attached hydrogens (tertiary/aromatic N) is 1. The van der Waals surface area contributed by atoms with Gasteiger partial charge in [0.1, 0.15) is 17.4 Å². The summed E-state index contributed by atoms with van der Waals surface area (Å²) in [7, 11) is 1.53. The van der Waals surface area contributed by atoms with Gasteiger partial charge in [0, 0.05) is 12.6 Å². The highest BCUT2D eigenvalue weighted by Crippen LogP contribution is 2.34. The van der Waals surface area contributed by atoms with Crippen LogP contribution in [0, 0.1) is 9.39 Å². The number of aromatic nitrogens is 1. The molecule has 0 unspecified atom stereocenters. The highest BCUT2D eigenvalue weighted by Gasteiger charge is 2.23. The van der Waals surface area contributed by atoms with E-state index in [-0.39, 0.29) is 17.4 Å². The number of hydrogen-bond donors (Lipinski definition) is 2. The number of furan rings is 1. The van der Waals surface area contributed by atoms with Crippen LogP contribution in [0.25, 0.3) is 22.4 Å². The molecule has 5 nitrogen and oxygen atoms in total. The first-order valence-electron chi connectivity index (χ1n) is 6.37. The summed E-state index contributed by atoms with van der Waals surface area (Å²) >= 11 is 2.04. The van der Waals surface area contributed by atoms with Crippen LogP contribution >= 0.6 is 22.6 Å². The van der Waals surface area contributed by atoms with Gasteiger partial charge in [0.2, 0.25) is 5.71 Å². The fraction of sp³-hybridized carbons (Fsp3) is 0.0667. The average Bonchev–Trinajstić information content (AvgIpc) is 2.86. The molecule has 7 heteroatoms. The molecule has 0 aliphatic heterocycles. The summed E-state index contributed by atoms with van der Waals surface area (Å²) in [6.45, 7) is 0. The molecule has 0 aliphatic carbocycles. The maximum absolute atomic E-state index is 13.1. The molecule has 3 rings (SSSR count). The van der Waals surface area contributed by atoms with Crippen LogP contribution in [0.5, 0.6) is 0 Å². The van der Waals surface area contributed by atoms with Crippen molar-refractivity contribution in [1.29, 1.82) is 0 Å². The largest absolute Gasteiger partial charge is 0.437 e. The highest BCUT2D eigenvalue weighted by molar-refractivity contribution is 14.1. The molecule has 2 heterocycles. The van der Waals surface area contributed by atoms with Gasteiger partial charge in [-0.25, -0.2) is 4.39 Å². The number of amides is 1. The minimum Gasteiger partial charge on any atom is -0.437 e. The van der Waals surface area contributed by atoms with E-state index in [1.165, 1.54) is 19.2 Å². The summed E-state index contributed by atoms with van der Waals surface area (Å²) in [5.74, 6) is -0.00192. The van der Waals surface area contributed by atoms with E-state index in [2.05, 4.69) is 10.3 Å². The number of anilines is 1. The molecule has 2 aromatic heterocycles. The van der Waals surface area contributed by atoms with Gasteiger partial charge in [-0.1, -0.05) is 0 Å². The number of nitrogens with one attached hydrogen (secondary N) is 1. The maximum Gasteiger partial charge on any atom is 0.255 e. The van der Waals surface area contributed by atoms with Gasteiger partial charge in [0.15, 0.2) is 0 Å². The Morgan fingerprint density at radius 2 is 2.05 bits per heavy atom. The van der Waals surface area contributed by atoms with Crippen LogP contribution in [0.3, 0.4) is 0 Å². The van der Waals surface area contributed by atoms with Crippen LogP contribution in [-0.4, -0.2) is 17.9 Å². The quantitative estimate of drug-likeness (QED) is 0.635. The van der Waals surface area contributed by atoms with Crippen LogP contribution in [0.4, 0.5) is 10.2 Å². The van der Waals surface area contributed by atoms with Gasteiger partial charge in [-0.2, -0.15) is 4.98 Å². The molecule has 0 spiro atoms. The fourth-order valence-corrected chi connectivity index (χ4v) is 2.60. The van der Waals surface area contributed by atoms with Crippen molar-refractivity contribution in [3.05, 3.63) is 45.3 Å². The van der Waals surface area contributed by atoms with E-state index in [1.807, 2.05) is 22.6 Å². The highest BCUT2D eigenvalue weighted by atomic mass is 127. The number of benzene rings is 1. The second kappa shape index (κ2) is 5.56. The number of hydrogen-bond acceptors (Lipinski definition) is 4. The van der Waals surface area contributed by atoms with E-state index >= 15 is 0 Å². The van der Waals surface area contributed by atoms with Crippen molar-refractivity contribution >= 4 is 45.4 Å². The normalized spacial score (nSPS) is 10.9. The zero-order valence-electron chi connectivity index (χ0n) is 11.5. The van der Waals surface area contributed by atoms with Gasteiger partial charge >= 0.3 is 0 Å². The SMILES string of the molecule is CNC(=O)c1c(-c2ccc(F)cc2)oc2nc(N)c(I)cc12. The summed E-state index contributed by atoms with van der Waals surface area (Å²) in [6, 6.07) is 7.46. The molecule has 3 N–H and O–H groups in total. The first-order chi connectivity index (χ1) is 10.5. The second-order valence-corrected chi connectivity index (χ2v) is 5.76. The Balaban J connectivity index is 2.33. The van der Waals surface area contributed by atoms with Gasteiger partial charge in [-0.05, 0) is 52.9 Å². The van der Waals surface area contributed by atoms with Gasteiger partial charge in [0.25, 0.3) is 5.91 Å². The molecule has 1 aromatic carbocycles. The van der Waals surface area contributed by atoms with E-state index in [4.69, 9.17) is 10.2 Å². The van der Waals surface area contributed by atoms with Crippen LogP contribution in [0.15, 0.2) is 34.7 Å². The maximum atomic E-state index is 13.1. The molecular weight excluding hydrogens is 400 g/mol. The van der Waals surface area contributed by atoms with E-state index in [1.54, 1.807) is 18.2 Å².